The third kappa shape index (κ3) is 5.31. The van der Waals surface area contributed by atoms with Gasteiger partial charge in [-0.3, -0.25) is 0 Å². The first kappa shape index (κ1) is 14.2. The molecule has 0 amide bonds. The topological polar surface area (TPSA) is 39.1 Å². The standard InChI is InChI=1S/C13H21N3S/c1-3-8-16(4-2)9-7-15-11-13-6-5-12(10-14)17-13/h5-6,15H,3-4,7-9,11H2,1-2H3. The quantitative estimate of drug-likeness (QED) is 0.721. The largest absolute Gasteiger partial charge is 0.311 e. The van der Waals surface area contributed by atoms with Crippen LogP contribution in [-0.4, -0.2) is 31.1 Å². The van der Waals surface area contributed by atoms with Crippen LogP contribution in [0.1, 0.15) is 30.0 Å². The van der Waals surface area contributed by atoms with Crippen molar-refractivity contribution in [1.82, 2.24) is 10.2 Å². The van der Waals surface area contributed by atoms with Crippen LogP contribution in [0.5, 0.6) is 0 Å². The van der Waals surface area contributed by atoms with Crippen LogP contribution >= 0.6 is 11.3 Å². The first-order valence-corrected chi connectivity index (χ1v) is 7.03. The predicted octanol–water partition coefficient (Wildman–Crippen LogP) is 2.44. The second-order valence-electron chi connectivity index (χ2n) is 3.99. The lowest BCUT2D eigenvalue weighted by Gasteiger charge is -2.19. The van der Waals surface area contributed by atoms with Crippen molar-refractivity contribution in [1.29, 1.82) is 5.26 Å². The van der Waals surface area contributed by atoms with Crippen molar-refractivity contribution in [3.8, 4) is 6.07 Å². The number of nitrogens with zero attached hydrogens (tertiary/aromatic N) is 2. The van der Waals surface area contributed by atoms with Crippen molar-refractivity contribution in [3.05, 3.63) is 21.9 Å². The minimum Gasteiger partial charge on any atom is -0.311 e. The minimum absolute atomic E-state index is 0.794. The van der Waals surface area contributed by atoms with Crippen molar-refractivity contribution >= 4 is 11.3 Å². The maximum absolute atomic E-state index is 8.72. The lowest BCUT2D eigenvalue weighted by molar-refractivity contribution is 0.287. The molecule has 0 aliphatic heterocycles. The molecule has 0 fully saturated rings. The van der Waals surface area contributed by atoms with E-state index in [1.165, 1.54) is 17.8 Å². The summed E-state index contributed by atoms with van der Waals surface area (Å²) >= 11 is 1.57. The number of thiophene rings is 1. The predicted molar refractivity (Wildman–Crippen MR) is 73.1 cm³/mol. The van der Waals surface area contributed by atoms with Gasteiger partial charge in [-0.15, -0.1) is 11.3 Å². The van der Waals surface area contributed by atoms with E-state index in [2.05, 4.69) is 30.1 Å². The molecule has 0 bridgehead atoms. The molecule has 0 aliphatic rings. The normalized spacial score (nSPS) is 10.7. The number of nitrogens with one attached hydrogen (secondary N) is 1. The van der Waals surface area contributed by atoms with Crippen molar-refractivity contribution in [3.63, 3.8) is 0 Å². The molecule has 0 saturated carbocycles. The van der Waals surface area contributed by atoms with Gasteiger partial charge in [0.2, 0.25) is 0 Å². The lowest BCUT2D eigenvalue weighted by atomic mass is 10.4. The van der Waals surface area contributed by atoms with Crippen LogP contribution in [0.2, 0.25) is 0 Å². The number of hydrogen-bond acceptors (Lipinski definition) is 4. The third-order valence-electron chi connectivity index (χ3n) is 2.66. The van der Waals surface area contributed by atoms with Crippen molar-refractivity contribution in [2.45, 2.75) is 26.8 Å². The Bertz CT molecular complexity index is 354. The van der Waals surface area contributed by atoms with Crippen LogP contribution < -0.4 is 5.32 Å². The van der Waals surface area contributed by atoms with E-state index in [4.69, 9.17) is 5.26 Å². The number of nitriles is 1. The molecular formula is C13H21N3S. The molecule has 17 heavy (non-hydrogen) atoms. The average Bonchev–Trinajstić information content (AvgIpc) is 2.81. The summed E-state index contributed by atoms with van der Waals surface area (Å²) in [5.41, 5.74) is 0. The zero-order chi connectivity index (χ0) is 12.5. The second kappa shape index (κ2) is 8.24. The highest BCUT2D eigenvalue weighted by Crippen LogP contribution is 2.14. The average molecular weight is 251 g/mol. The van der Waals surface area contributed by atoms with Gasteiger partial charge in [0, 0.05) is 24.5 Å². The molecule has 0 saturated heterocycles. The maximum Gasteiger partial charge on any atom is 0.110 e. The Balaban J connectivity index is 2.17. The first-order chi connectivity index (χ1) is 8.30. The summed E-state index contributed by atoms with van der Waals surface area (Å²) in [4.78, 5) is 4.48. The SMILES string of the molecule is CCCN(CC)CCNCc1ccc(C#N)s1. The monoisotopic (exact) mass is 251 g/mol. The van der Waals surface area contributed by atoms with Crippen LogP contribution in [0.3, 0.4) is 0 Å². The van der Waals surface area contributed by atoms with E-state index in [9.17, 15) is 0 Å². The molecule has 0 unspecified atom stereocenters. The maximum atomic E-state index is 8.72. The van der Waals surface area contributed by atoms with Gasteiger partial charge < -0.3 is 10.2 Å². The molecule has 4 heteroatoms. The van der Waals surface area contributed by atoms with Crippen LogP contribution in [-0.2, 0) is 6.54 Å². The highest BCUT2D eigenvalue weighted by atomic mass is 32.1. The highest BCUT2D eigenvalue weighted by Gasteiger charge is 2.01. The lowest BCUT2D eigenvalue weighted by Crippen LogP contribution is -2.32. The molecule has 0 aromatic carbocycles. The first-order valence-electron chi connectivity index (χ1n) is 6.22. The van der Waals surface area contributed by atoms with Crippen molar-refractivity contribution < 1.29 is 0 Å². The third-order valence-corrected chi connectivity index (χ3v) is 3.65. The molecule has 94 valence electrons. The van der Waals surface area contributed by atoms with E-state index in [-0.39, 0.29) is 0 Å². The van der Waals surface area contributed by atoms with Gasteiger partial charge in [0.05, 0.1) is 0 Å². The summed E-state index contributed by atoms with van der Waals surface area (Å²) in [6, 6.07) is 6.08. The summed E-state index contributed by atoms with van der Waals surface area (Å²) in [5.74, 6) is 0. The molecule has 0 atom stereocenters. The number of hydrogen-bond donors (Lipinski definition) is 1. The number of rotatable bonds is 8. The van der Waals surface area contributed by atoms with Crippen LogP contribution in [0.15, 0.2) is 12.1 Å². The van der Waals surface area contributed by atoms with Crippen molar-refractivity contribution in [2.75, 3.05) is 26.2 Å². The summed E-state index contributed by atoms with van der Waals surface area (Å²) in [6.07, 6.45) is 1.21. The van der Waals surface area contributed by atoms with Crippen LogP contribution in [0.4, 0.5) is 0 Å². The summed E-state index contributed by atoms with van der Waals surface area (Å²) in [7, 11) is 0. The number of likely N-dealkylation sites (N-methyl/N-ethyl adjacent to an activating group) is 1. The fourth-order valence-electron chi connectivity index (χ4n) is 1.73. The fourth-order valence-corrected chi connectivity index (χ4v) is 2.50. The smallest absolute Gasteiger partial charge is 0.110 e. The van der Waals surface area contributed by atoms with E-state index in [0.29, 0.717) is 0 Å². The van der Waals surface area contributed by atoms with Crippen molar-refractivity contribution in [2.24, 2.45) is 0 Å². The Hall–Kier alpha value is -0.890. The molecule has 1 heterocycles. The zero-order valence-electron chi connectivity index (χ0n) is 10.7. The van der Waals surface area contributed by atoms with E-state index < -0.39 is 0 Å². The van der Waals surface area contributed by atoms with Gasteiger partial charge in [-0.25, -0.2) is 0 Å². The molecule has 0 radical (unpaired) electrons. The van der Waals surface area contributed by atoms with Gasteiger partial charge in [0.15, 0.2) is 0 Å². The van der Waals surface area contributed by atoms with Gasteiger partial charge in [-0.2, -0.15) is 5.26 Å². The zero-order valence-corrected chi connectivity index (χ0v) is 11.5. The van der Waals surface area contributed by atoms with Gasteiger partial charge >= 0.3 is 0 Å². The molecule has 1 aromatic heterocycles. The van der Waals surface area contributed by atoms with Gasteiger partial charge in [-0.1, -0.05) is 13.8 Å². The minimum atomic E-state index is 0.794. The summed E-state index contributed by atoms with van der Waals surface area (Å²) < 4.78 is 0. The van der Waals surface area contributed by atoms with E-state index in [1.54, 1.807) is 11.3 Å². The van der Waals surface area contributed by atoms with E-state index in [0.717, 1.165) is 31.1 Å². The summed E-state index contributed by atoms with van der Waals surface area (Å²) in [6.45, 7) is 9.69. The molecule has 0 aliphatic carbocycles. The Morgan fingerprint density at radius 3 is 2.76 bits per heavy atom. The fraction of sp³-hybridized carbons (Fsp3) is 0.615. The molecule has 3 nitrogen and oxygen atoms in total. The summed E-state index contributed by atoms with van der Waals surface area (Å²) in [5, 5.41) is 12.1. The Kier molecular flexibility index (Phi) is 6.87. The van der Waals surface area contributed by atoms with Gasteiger partial charge in [0.1, 0.15) is 10.9 Å². The molecule has 0 spiro atoms. The van der Waals surface area contributed by atoms with Gasteiger partial charge in [-0.05, 0) is 31.6 Å². The van der Waals surface area contributed by atoms with E-state index in [1.807, 2.05) is 12.1 Å². The molecule has 1 aromatic rings. The highest BCUT2D eigenvalue weighted by molar-refractivity contribution is 7.12. The van der Waals surface area contributed by atoms with Crippen LogP contribution in [0, 0.1) is 11.3 Å². The second-order valence-corrected chi connectivity index (χ2v) is 5.16. The Morgan fingerprint density at radius 2 is 2.18 bits per heavy atom. The molecule has 1 rings (SSSR count). The van der Waals surface area contributed by atoms with E-state index >= 15 is 0 Å². The van der Waals surface area contributed by atoms with Crippen LogP contribution in [0.25, 0.3) is 0 Å². The molecular weight excluding hydrogens is 230 g/mol. The Morgan fingerprint density at radius 1 is 1.35 bits per heavy atom. The van der Waals surface area contributed by atoms with Gasteiger partial charge in [0.25, 0.3) is 0 Å². The molecule has 1 N–H and O–H groups in total. The Labute approximate surface area is 108 Å².